The third-order valence-electron chi connectivity index (χ3n) is 3.10. The van der Waals surface area contributed by atoms with Gasteiger partial charge >= 0.3 is 0 Å². The van der Waals surface area contributed by atoms with Crippen LogP contribution in [0.5, 0.6) is 0 Å². The van der Waals surface area contributed by atoms with Gasteiger partial charge in [0.2, 0.25) is 0 Å². The Bertz CT molecular complexity index is 489. The SMILES string of the molecule is CCCCc1ccc(Nc2cccc[n+]2C)cc1. The molecular weight excluding hydrogens is 220 g/mol. The highest BCUT2D eigenvalue weighted by Crippen LogP contribution is 2.15. The molecule has 0 saturated carbocycles. The number of rotatable bonds is 5. The molecule has 1 N–H and O–H groups in total. The van der Waals surface area contributed by atoms with Crippen LogP contribution in [0.4, 0.5) is 11.5 Å². The first-order valence-corrected chi connectivity index (χ1v) is 6.60. The first-order valence-electron chi connectivity index (χ1n) is 6.60. The van der Waals surface area contributed by atoms with E-state index in [9.17, 15) is 0 Å². The molecule has 0 bridgehead atoms. The molecule has 0 fully saturated rings. The Balaban J connectivity index is 2.04. The second-order valence-corrected chi connectivity index (χ2v) is 4.62. The van der Waals surface area contributed by atoms with Gasteiger partial charge in [0.1, 0.15) is 5.69 Å². The number of anilines is 2. The van der Waals surface area contributed by atoms with Gasteiger partial charge in [-0.15, -0.1) is 0 Å². The Morgan fingerprint density at radius 1 is 1.06 bits per heavy atom. The van der Waals surface area contributed by atoms with Crippen molar-refractivity contribution in [3.63, 3.8) is 0 Å². The Morgan fingerprint density at radius 3 is 2.50 bits per heavy atom. The van der Waals surface area contributed by atoms with Crippen LogP contribution in [0.1, 0.15) is 25.3 Å². The van der Waals surface area contributed by atoms with Gasteiger partial charge in [-0.05, 0) is 36.6 Å². The fraction of sp³-hybridized carbons (Fsp3) is 0.312. The molecule has 2 aromatic rings. The van der Waals surface area contributed by atoms with E-state index in [0.717, 1.165) is 11.5 Å². The van der Waals surface area contributed by atoms with E-state index >= 15 is 0 Å². The maximum atomic E-state index is 3.42. The van der Waals surface area contributed by atoms with Gasteiger partial charge in [0, 0.05) is 6.07 Å². The third kappa shape index (κ3) is 3.33. The monoisotopic (exact) mass is 241 g/mol. The van der Waals surface area contributed by atoms with Crippen molar-refractivity contribution in [1.29, 1.82) is 0 Å². The molecule has 0 unspecified atom stereocenters. The molecule has 1 aromatic carbocycles. The van der Waals surface area contributed by atoms with E-state index in [-0.39, 0.29) is 0 Å². The summed E-state index contributed by atoms with van der Waals surface area (Å²) in [4.78, 5) is 0. The van der Waals surface area contributed by atoms with E-state index in [1.807, 2.05) is 25.4 Å². The summed E-state index contributed by atoms with van der Waals surface area (Å²) in [5.74, 6) is 1.10. The van der Waals surface area contributed by atoms with Gasteiger partial charge in [-0.3, -0.25) is 0 Å². The van der Waals surface area contributed by atoms with Gasteiger partial charge < -0.3 is 0 Å². The minimum absolute atomic E-state index is 1.10. The number of aryl methyl sites for hydroxylation is 2. The Hall–Kier alpha value is -1.83. The summed E-state index contributed by atoms with van der Waals surface area (Å²) in [6.45, 7) is 2.23. The molecule has 2 rings (SSSR count). The molecular formula is C16H21N2+. The summed E-state index contributed by atoms with van der Waals surface area (Å²) in [6.07, 6.45) is 5.73. The number of nitrogens with one attached hydrogen (secondary N) is 1. The normalized spacial score (nSPS) is 10.3. The molecule has 1 heterocycles. The highest BCUT2D eigenvalue weighted by atomic mass is 15.1. The highest BCUT2D eigenvalue weighted by molar-refractivity contribution is 5.54. The number of hydrogen-bond acceptors (Lipinski definition) is 1. The minimum atomic E-state index is 1.10. The van der Waals surface area contributed by atoms with Crippen molar-refractivity contribution in [2.24, 2.45) is 7.05 Å². The standard InChI is InChI=1S/C16H20N2/c1-3-4-7-14-9-11-15(12-10-14)17-16-8-5-6-13-18(16)2/h5-6,8-13H,3-4,7H2,1-2H3/p+1. The van der Waals surface area contributed by atoms with Crippen LogP contribution in [-0.2, 0) is 13.5 Å². The molecule has 18 heavy (non-hydrogen) atoms. The lowest BCUT2D eigenvalue weighted by molar-refractivity contribution is -0.657. The molecule has 1 aromatic heterocycles. The number of benzene rings is 1. The van der Waals surface area contributed by atoms with Crippen LogP contribution in [0.25, 0.3) is 0 Å². The quantitative estimate of drug-likeness (QED) is 0.791. The molecule has 2 heteroatoms. The van der Waals surface area contributed by atoms with Crippen molar-refractivity contribution < 1.29 is 4.57 Å². The first kappa shape index (κ1) is 12.6. The summed E-state index contributed by atoms with van der Waals surface area (Å²) < 4.78 is 2.07. The first-order chi connectivity index (χ1) is 8.79. The van der Waals surface area contributed by atoms with Crippen molar-refractivity contribution in [3.05, 3.63) is 54.2 Å². The second-order valence-electron chi connectivity index (χ2n) is 4.62. The maximum Gasteiger partial charge on any atom is 0.279 e. The fourth-order valence-electron chi connectivity index (χ4n) is 1.94. The van der Waals surface area contributed by atoms with Gasteiger partial charge in [-0.2, -0.15) is 0 Å². The average Bonchev–Trinajstić information content (AvgIpc) is 2.41. The molecule has 0 atom stereocenters. The van der Waals surface area contributed by atoms with Crippen molar-refractivity contribution in [1.82, 2.24) is 0 Å². The fourth-order valence-corrected chi connectivity index (χ4v) is 1.94. The number of aromatic nitrogens is 1. The van der Waals surface area contributed by atoms with Crippen molar-refractivity contribution in [3.8, 4) is 0 Å². The van der Waals surface area contributed by atoms with Crippen LogP contribution in [0.15, 0.2) is 48.7 Å². The summed E-state index contributed by atoms with van der Waals surface area (Å²) in [5, 5.41) is 3.42. The Morgan fingerprint density at radius 2 is 1.83 bits per heavy atom. The largest absolute Gasteiger partial charge is 0.279 e. The lowest BCUT2D eigenvalue weighted by Gasteiger charge is -2.04. The van der Waals surface area contributed by atoms with E-state index in [0.29, 0.717) is 0 Å². The molecule has 0 aliphatic carbocycles. The van der Waals surface area contributed by atoms with E-state index in [2.05, 4.69) is 47.1 Å². The zero-order valence-corrected chi connectivity index (χ0v) is 11.2. The third-order valence-corrected chi connectivity index (χ3v) is 3.10. The zero-order valence-electron chi connectivity index (χ0n) is 11.2. The van der Waals surface area contributed by atoms with Crippen molar-refractivity contribution in [2.45, 2.75) is 26.2 Å². The molecule has 0 aliphatic heterocycles. The predicted molar refractivity (Wildman–Crippen MR) is 76.0 cm³/mol. The maximum absolute atomic E-state index is 3.42. The molecule has 0 radical (unpaired) electrons. The van der Waals surface area contributed by atoms with Crippen LogP contribution in [0.3, 0.4) is 0 Å². The van der Waals surface area contributed by atoms with E-state index < -0.39 is 0 Å². The van der Waals surface area contributed by atoms with Crippen LogP contribution in [-0.4, -0.2) is 0 Å². The molecule has 0 spiro atoms. The lowest BCUT2D eigenvalue weighted by Crippen LogP contribution is -2.30. The molecule has 0 aliphatic rings. The Kier molecular flexibility index (Phi) is 4.35. The van der Waals surface area contributed by atoms with Crippen LogP contribution >= 0.6 is 0 Å². The van der Waals surface area contributed by atoms with Crippen LogP contribution in [0.2, 0.25) is 0 Å². The number of nitrogens with zero attached hydrogens (tertiary/aromatic N) is 1. The van der Waals surface area contributed by atoms with Crippen molar-refractivity contribution in [2.75, 3.05) is 5.32 Å². The second kappa shape index (κ2) is 6.20. The van der Waals surface area contributed by atoms with Gasteiger partial charge in [0.05, 0.1) is 13.2 Å². The zero-order chi connectivity index (χ0) is 12.8. The van der Waals surface area contributed by atoms with Crippen LogP contribution < -0.4 is 9.88 Å². The molecule has 0 saturated heterocycles. The number of pyridine rings is 1. The summed E-state index contributed by atoms with van der Waals surface area (Å²) in [7, 11) is 2.04. The smallest absolute Gasteiger partial charge is 0.241 e. The van der Waals surface area contributed by atoms with Gasteiger partial charge in [0.25, 0.3) is 5.82 Å². The van der Waals surface area contributed by atoms with Crippen molar-refractivity contribution >= 4 is 11.5 Å². The molecule has 94 valence electrons. The topological polar surface area (TPSA) is 15.9 Å². The number of unbranched alkanes of at least 4 members (excludes halogenated alkanes) is 1. The van der Waals surface area contributed by atoms with Gasteiger partial charge in [-0.1, -0.05) is 31.5 Å². The summed E-state index contributed by atoms with van der Waals surface area (Å²) >= 11 is 0. The van der Waals surface area contributed by atoms with E-state index in [1.165, 1.54) is 24.8 Å². The number of hydrogen-bond donors (Lipinski definition) is 1. The molecule has 2 nitrogen and oxygen atoms in total. The highest BCUT2D eigenvalue weighted by Gasteiger charge is 2.05. The van der Waals surface area contributed by atoms with Crippen LogP contribution in [0, 0.1) is 0 Å². The summed E-state index contributed by atoms with van der Waals surface area (Å²) in [6, 6.07) is 14.9. The average molecular weight is 241 g/mol. The van der Waals surface area contributed by atoms with E-state index in [1.54, 1.807) is 0 Å². The predicted octanol–water partition coefficient (Wildman–Crippen LogP) is 3.60. The van der Waals surface area contributed by atoms with E-state index in [4.69, 9.17) is 0 Å². The minimum Gasteiger partial charge on any atom is -0.241 e. The lowest BCUT2D eigenvalue weighted by atomic mass is 10.1. The van der Waals surface area contributed by atoms with Gasteiger partial charge in [-0.25, -0.2) is 9.88 Å². The molecule has 0 amide bonds. The summed E-state index contributed by atoms with van der Waals surface area (Å²) in [5.41, 5.74) is 2.55. The Labute approximate surface area is 109 Å². The van der Waals surface area contributed by atoms with Gasteiger partial charge in [0.15, 0.2) is 0 Å².